The van der Waals surface area contributed by atoms with Crippen LogP contribution >= 0.6 is 0 Å². The van der Waals surface area contributed by atoms with Crippen LogP contribution in [0.5, 0.6) is 0 Å². The van der Waals surface area contributed by atoms with Crippen molar-refractivity contribution in [2.24, 2.45) is 0 Å². The number of aromatic nitrogens is 1. The molecule has 0 unspecified atom stereocenters. The summed E-state index contributed by atoms with van der Waals surface area (Å²) in [6.45, 7) is -0.651. The average molecular weight is 234 g/mol. The highest BCUT2D eigenvalue weighted by atomic mass is 16.4. The number of aliphatic carboxylic acids is 1. The predicted octanol–water partition coefficient (Wildman–Crippen LogP) is -0.465. The zero-order valence-corrected chi connectivity index (χ0v) is 8.84. The van der Waals surface area contributed by atoms with Crippen molar-refractivity contribution in [2.75, 3.05) is 13.1 Å². The Bertz CT molecular complexity index is 527. The molecule has 2 N–H and O–H groups in total. The maximum Gasteiger partial charge on any atom is 0.323 e. The molecule has 0 fully saturated rings. The second kappa shape index (κ2) is 5.51. The van der Waals surface area contributed by atoms with E-state index in [-0.39, 0.29) is 12.2 Å². The number of carbonyl (C=O) groups excluding carboxylic acids is 1. The molecule has 0 bridgehead atoms. The first-order valence-corrected chi connectivity index (χ1v) is 4.68. The molecule has 1 aromatic heterocycles. The molecule has 0 aliphatic heterocycles. The number of carboxylic acid groups (broad SMARTS) is 1. The van der Waals surface area contributed by atoms with E-state index >= 15 is 0 Å². The summed E-state index contributed by atoms with van der Waals surface area (Å²) in [5, 5.41) is 8.63. The van der Waals surface area contributed by atoms with Gasteiger partial charge in [-0.3, -0.25) is 14.4 Å². The molecule has 1 amide bonds. The number of rotatable bonds is 4. The van der Waals surface area contributed by atoms with Gasteiger partial charge in [0, 0.05) is 6.07 Å². The van der Waals surface area contributed by atoms with Gasteiger partial charge in [-0.05, 0) is 6.07 Å². The van der Waals surface area contributed by atoms with Gasteiger partial charge in [0.05, 0.1) is 6.54 Å². The van der Waals surface area contributed by atoms with E-state index in [1.165, 1.54) is 18.2 Å². The van der Waals surface area contributed by atoms with Gasteiger partial charge < -0.3 is 15.0 Å². The molecule has 1 aromatic rings. The number of hydrogen-bond acceptors (Lipinski definition) is 3. The smallest absolute Gasteiger partial charge is 0.323 e. The van der Waals surface area contributed by atoms with Gasteiger partial charge in [0.25, 0.3) is 5.91 Å². The Kier molecular flexibility index (Phi) is 4.06. The van der Waals surface area contributed by atoms with E-state index in [9.17, 15) is 14.4 Å². The Morgan fingerprint density at radius 1 is 1.47 bits per heavy atom. The minimum Gasteiger partial charge on any atom is -0.480 e. The van der Waals surface area contributed by atoms with E-state index < -0.39 is 24.0 Å². The largest absolute Gasteiger partial charge is 0.480 e. The first kappa shape index (κ1) is 12.5. The summed E-state index contributed by atoms with van der Waals surface area (Å²) in [4.78, 5) is 36.6. The molecule has 1 rings (SSSR count). The summed E-state index contributed by atoms with van der Waals surface area (Å²) in [7, 11) is 0. The number of aromatic amines is 1. The summed E-state index contributed by atoms with van der Waals surface area (Å²) >= 11 is 0. The van der Waals surface area contributed by atoms with Crippen LogP contribution in [0.1, 0.15) is 10.5 Å². The van der Waals surface area contributed by atoms with Crippen LogP contribution in [0.15, 0.2) is 23.0 Å². The van der Waals surface area contributed by atoms with Gasteiger partial charge in [0.2, 0.25) is 5.56 Å². The zero-order chi connectivity index (χ0) is 12.8. The number of hydrogen-bond donors (Lipinski definition) is 2. The Morgan fingerprint density at radius 2 is 2.18 bits per heavy atom. The van der Waals surface area contributed by atoms with E-state index in [1.807, 2.05) is 0 Å². The first-order chi connectivity index (χ1) is 8.04. The van der Waals surface area contributed by atoms with E-state index in [0.717, 1.165) is 4.90 Å². The molecule has 88 valence electrons. The van der Waals surface area contributed by atoms with Crippen LogP contribution in [0.25, 0.3) is 0 Å². The van der Waals surface area contributed by atoms with Crippen LogP contribution in [-0.4, -0.2) is 40.0 Å². The van der Waals surface area contributed by atoms with Crippen molar-refractivity contribution in [2.45, 2.75) is 0 Å². The SMILES string of the molecule is C#CCN(CC(=O)O)C(=O)c1cccc(=O)[nH]1. The van der Waals surface area contributed by atoms with Crippen molar-refractivity contribution in [3.8, 4) is 12.3 Å². The molecule has 0 saturated carbocycles. The molecule has 0 aromatic carbocycles. The number of pyridine rings is 1. The van der Waals surface area contributed by atoms with E-state index in [2.05, 4.69) is 10.9 Å². The van der Waals surface area contributed by atoms with Crippen molar-refractivity contribution < 1.29 is 14.7 Å². The highest BCUT2D eigenvalue weighted by Crippen LogP contribution is 1.99. The lowest BCUT2D eigenvalue weighted by molar-refractivity contribution is -0.137. The number of terminal acetylenes is 1. The number of carboxylic acids is 1. The number of H-pyrrole nitrogens is 1. The van der Waals surface area contributed by atoms with Crippen molar-refractivity contribution in [3.63, 3.8) is 0 Å². The maximum absolute atomic E-state index is 11.8. The molecule has 6 heteroatoms. The highest BCUT2D eigenvalue weighted by Gasteiger charge is 2.18. The van der Waals surface area contributed by atoms with Gasteiger partial charge >= 0.3 is 5.97 Å². The molecule has 0 radical (unpaired) electrons. The minimum atomic E-state index is -1.17. The number of nitrogens with one attached hydrogen (secondary N) is 1. The van der Waals surface area contributed by atoms with E-state index in [4.69, 9.17) is 11.5 Å². The van der Waals surface area contributed by atoms with E-state index in [0.29, 0.717) is 0 Å². The van der Waals surface area contributed by atoms with Crippen molar-refractivity contribution in [1.29, 1.82) is 0 Å². The summed E-state index contributed by atoms with van der Waals surface area (Å²) in [6.07, 6.45) is 5.04. The third-order valence-electron chi connectivity index (χ3n) is 1.89. The fraction of sp³-hybridized carbons (Fsp3) is 0.182. The molecule has 0 spiro atoms. The second-order valence-electron chi connectivity index (χ2n) is 3.19. The summed E-state index contributed by atoms with van der Waals surface area (Å²) in [6, 6.07) is 4.04. The standard InChI is InChI=1S/C11H10N2O4/c1-2-6-13(7-10(15)16)11(17)8-4-3-5-9(14)12-8/h1,3-5H,6-7H2,(H,12,14)(H,15,16). The fourth-order valence-corrected chi connectivity index (χ4v) is 1.22. The number of carbonyl (C=O) groups is 2. The summed E-state index contributed by atoms with van der Waals surface area (Å²) < 4.78 is 0. The average Bonchev–Trinajstić information content (AvgIpc) is 2.27. The van der Waals surface area contributed by atoms with Crippen molar-refractivity contribution >= 4 is 11.9 Å². The molecule has 0 aliphatic rings. The quantitative estimate of drug-likeness (QED) is 0.689. The molecule has 0 aliphatic carbocycles. The highest BCUT2D eigenvalue weighted by molar-refractivity contribution is 5.94. The van der Waals surface area contributed by atoms with E-state index in [1.54, 1.807) is 0 Å². The van der Waals surface area contributed by atoms with Gasteiger partial charge in [-0.1, -0.05) is 12.0 Å². The second-order valence-corrected chi connectivity index (χ2v) is 3.19. The van der Waals surface area contributed by atoms with Gasteiger partial charge in [-0.25, -0.2) is 0 Å². The van der Waals surface area contributed by atoms with Crippen molar-refractivity contribution in [1.82, 2.24) is 9.88 Å². The molecule has 1 heterocycles. The predicted molar refractivity (Wildman–Crippen MR) is 59.4 cm³/mol. The van der Waals surface area contributed by atoms with Crippen LogP contribution in [-0.2, 0) is 4.79 Å². The number of nitrogens with zero attached hydrogens (tertiary/aromatic N) is 1. The third-order valence-corrected chi connectivity index (χ3v) is 1.89. The van der Waals surface area contributed by atoms with Crippen LogP contribution in [0.2, 0.25) is 0 Å². The first-order valence-electron chi connectivity index (χ1n) is 4.68. The van der Waals surface area contributed by atoms with Crippen molar-refractivity contribution in [3.05, 3.63) is 34.2 Å². The Balaban J connectivity index is 2.96. The molecule has 0 atom stereocenters. The summed E-state index contributed by atoms with van der Waals surface area (Å²) in [5.41, 5.74) is -0.430. The van der Waals surface area contributed by atoms with Gasteiger partial charge in [0.1, 0.15) is 12.2 Å². The lowest BCUT2D eigenvalue weighted by Gasteiger charge is -2.17. The zero-order valence-electron chi connectivity index (χ0n) is 8.84. The maximum atomic E-state index is 11.8. The lowest BCUT2D eigenvalue weighted by atomic mass is 10.3. The molecule has 17 heavy (non-hydrogen) atoms. The minimum absolute atomic E-state index is 0.00833. The van der Waals surface area contributed by atoms with Crippen LogP contribution in [0.4, 0.5) is 0 Å². The molecule has 0 saturated heterocycles. The van der Waals surface area contributed by atoms with Crippen LogP contribution in [0, 0.1) is 12.3 Å². The molecule has 6 nitrogen and oxygen atoms in total. The number of amides is 1. The van der Waals surface area contributed by atoms with Gasteiger partial charge in [-0.15, -0.1) is 6.42 Å². The lowest BCUT2D eigenvalue weighted by Crippen LogP contribution is -2.37. The van der Waals surface area contributed by atoms with Gasteiger partial charge in [-0.2, -0.15) is 0 Å². The Morgan fingerprint density at radius 3 is 2.71 bits per heavy atom. The molecular weight excluding hydrogens is 224 g/mol. The Labute approximate surface area is 96.9 Å². The Hall–Kier alpha value is -2.55. The van der Waals surface area contributed by atoms with Gasteiger partial charge in [0.15, 0.2) is 0 Å². The molecular formula is C11H10N2O4. The fourth-order valence-electron chi connectivity index (χ4n) is 1.22. The summed E-state index contributed by atoms with van der Waals surface area (Å²) in [5.74, 6) is 0.392. The monoisotopic (exact) mass is 234 g/mol. The van der Waals surface area contributed by atoms with Crippen LogP contribution < -0.4 is 5.56 Å². The normalized spacial score (nSPS) is 9.35. The van der Waals surface area contributed by atoms with Crippen LogP contribution in [0.3, 0.4) is 0 Å². The topological polar surface area (TPSA) is 90.5 Å². The third kappa shape index (κ3) is 3.50.